The van der Waals surface area contributed by atoms with Gasteiger partial charge in [0.2, 0.25) is 12.5 Å². The van der Waals surface area contributed by atoms with Crippen molar-refractivity contribution >= 4 is 0 Å². The molecule has 0 aromatic heterocycles. The summed E-state index contributed by atoms with van der Waals surface area (Å²) in [5, 5.41) is 0. The summed E-state index contributed by atoms with van der Waals surface area (Å²) in [5.41, 5.74) is 0. The molecule has 0 aromatic rings. The first-order chi connectivity index (χ1) is 3.91. The topological polar surface area (TPSA) is 0 Å². The van der Waals surface area contributed by atoms with Gasteiger partial charge >= 0.3 is 0 Å². The molecule has 0 N–H and O–H groups in total. The fourth-order valence-corrected chi connectivity index (χ4v) is 0.338. The molecule has 0 aliphatic heterocycles. The average Bonchev–Trinajstić information content (AvgIpc) is 1.81. The fraction of sp³-hybridized carbons (Fsp3) is 0.500. The maximum absolute atomic E-state index is 3.43. The normalized spacial score (nSPS) is 6.62. The largest absolute Gasteiger partial charge is 0.228 e. The Hall–Kier alpha value is -0.790. The minimum absolute atomic E-state index is 0.708. The van der Waals surface area contributed by atoms with Gasteiger partial charge in [-0.05, 0) is 12.3 Å². The van der Waals surface area contributed by atoms with Crippen molar-refractivity contribution in [1.29, 1.82) is 0 Å². The standard InChI is InChI=1S/C8H11/c1-3-5-7-8-6-4-2/h1,4-6H2,2H3/q+1. The molecule has 42 valence electrons. The molecule has 0 amide bonds. The van der Waals surface area contributed by atoms with E-state index in [1.165, 1.54) is 0 Å². The second kappa shape index (κ2) is 6.21. The smallest absolute Gasteiger partial charge is 0.0983 e. The average molecular weight is 107 g/mol. The van der Waals surface area contributed by atoms with Crippen LogP contribution < -0.4 is 0 Å². The third-order valence-corrected chi connectivity index (χ3v) is 0.713. The predicted octanol–water partition coefficient (Wildman–Crippen LogP) is 2.17. The first-order valence-corrected chi connectivity index (χ1v) is 2.87. The van der Waals surface area contributed by atoms with E-state index >= 15 is 0 Å². The maximum Gasteiger partial charge on any atom is 0.228 e. The molecule has 0 fully saturated rings. The van der Waals surface area contributed by atoms with E-state index in [2.05, 4.69) is 31.4 Å². The van der Waals surface area contributed by atoms with Gasteiger partial charge < -0.3 is 0 Å². The van der Waals surface area contributed by atoms with Crippen molar-refractivity contribution in [3.63, 3.8) is 0 Å². The van der Waals surface area contributed by atoms with E-state index in [0.29, 0.717) is 6.42 Å². The third-order valence-electron chi connectivity index (χ3n) is 0.713. The first kappa shape index (κ1) is 7.21. The number of hydrogen-bond donors (Lipinski definition) is 0. The third kappa shape index (κ3) is 5.21. The Kier molecular flexibility index (Phi) is 5.60. The molecule has 0 aliphatic carbocycles. The summed E-state index contributed by atoms with van der Waals surface area (Å²) in [4.78, 5) is 0. The Morgan fingerprint density at radius 2 is 2.25 bits per heavy atom. The molecule has 0 spiro atoms. The Balaban J connectivity index is 3.07. The number of rotatable bonds is 2. The van der Waals surface area contributed by atoms with Crippen molar-refractivity contribution in [1.82, 2.24) is 0 Å². The van der Waals surface area contributed by atoms with Crippen LogP contribution in [0.25, 0.3) is 0 Å². The molecule has 0 heterocycles. The zero-order valence-corrected chi connectivity index (χ0v) is 5.33. The minimum Gasteiger partial charge on any atom is -0.0983 e. The summed E-state index contributed by atoms with van der Waals surface area (Å²) in [5.74, 6) is 5.90. The molecular weight excluding hydrogens is 96.1 g/mol. The Labute approximate surface area is 51.6 Å². The van der Waals surface area contributed by atoms with Crippen LogP contribution in [0.1, 0.15) is 26.2 Å². The number of unbranched alkanes of at least 4 members (excludes halogenated alkanes) is 1. The predicted molar refractivity (Wildman–Crippen MR) is 36.2 cm³/mol. The van der Waals surface area contributed by atoms with Gasteiger partial charge in [0.15, 0.2) is 0 Å². The zero-order valence-electron chi connectivity index (χ0n) is 5.33. The van der Waals surface area contributed by atoms with Gasteiger partial charge in [0.05, 0.1) is 0 Å². The molecule has 0 unspecified atom stereocenters. The van der Waals surface area contributed by atoms with Gasteiger partial charge in [-0.1, -0.05) is 12.8 Å². The highest BCUT2D eigenvalue weighted by atomic mass is 13.7. The Morgan fingerprint density at radius 3 is 2.75 bits per heavy atom. The van der Waals surface area contributed by atoms with Crippen LogP contribution in [0, 0.1) is 17.9 Å². The monoisotopic (exact) mass is 107 g/mol. The summed E-state index contributed by atoms with van der Waals surface area (Å²) in [7, 11) is 0. The molecule has 0 aliphatic rings. The fourth-order valence-electron chi connectivity index (χ4n) is 0.338. The SMILES string of the molecule is C=[C+]CC#CCCC. The summed E-state index contributed by atoms with van der Waals surface area (Å²) in [6.07, 6.45) is 5.56. The second-order valence-electron chi connectivity index (χ2n) is 1.53. The van der Waals surface area contributed by atoms with Crippen LogP contribution in [0.15, 0.2) is 6.58 Å². The van der Waals surface area contributed by atoms with Crippen LogP contribution in [0.3, 0.4) is 0 Å². The lowest BCUT2D eigenvalue weighted by Crippen LogP contribution is -1.61. The lowest BCUT2D eigenvalue weighted by molar-refractivity contribution is 0.982. The van der Waals surface area contributed by atoms with Gasteiger partial charge in [0, 0.05) is 6.42 Å². The maximum atomic E-state index is 3.43. The highest BCUT2D eigenvalue weighted by molar-refractivity contribution is 5.00. The van der Waals surface area contributed by atoms with Crippen molar-refractivity contribution in [3.8, 4) is 11.8 Å². The zero-order chi connectivity index (χ0) is 6.24. The highest BCUT2D eigenvalue weighted by Gasteiger charge is 1.76. The molecule has 0 rings (SSSR count). The number of hydrogen-bond acceptors (Lipinski definition) is 0. The molecule has 0 radical (unpaired) electrons. The lowest BCUT2D eigenvalue weighted by Gasteiger charge is -1.72. The summed E-state index contributed by atoms with van der Waals surface area (Å²) < 4.78 is 0. The van der Waals surface area contributed by atoms with Crippen LogP contribution in [0.2, 0.25) is 0 Å². The van der Waals surface area contributed by atoms with E-state index in [0.717, 1.165) is 12.8 Å². The van der Waals surface area contributed by atoms with Crippen LogP contribution in [0.4, 0.5) is 0 Å². The van der Waals surface area contributed by atoms with Crippen LogP contribution in [-0.2, 0) is 0 Å². The van der Waals surface area contributed by atoms with Gasteiger partial charge in [0.25, 0.3) is 0 Å². The molecule has 0 nitrogen and oxygen atoms in total. The van der Waals surface area contributed by atoms with Crippen LogP contribution in [-0.4, -0.2) is 0 Å². The minimum atomic E-state index is 0.708. The van der Waals surface area contributed by atoms with Crippen molar-refractivity contribution in [2.24, 2.45) is 0 Å². The van der Waals surface area contributed by atoms with E-state index in [1.807, 2.05) is 0 Å². The molecular formula is C8H11+. The number of allylic oxidation sites excluding steroid dienone is 1. The molecule has 0 bridgehead atoms. The quantitative estimate of drug-likeness (QED) is 0.375. The van der Waals surface area contributed by atoms with Gasteiger partial charge in [0.1, 0.15) is 6.58 Å². The Bertz CT molecular complexity index is 101. The van der Waals surface area contributed by atoms with Crippen molar-refractivity contribution in [3.05, 3.63) is 12.7 Å². The second-order valence-corrected chi connectivity index (χ2v) is 1.53. The van der Waals surface area contributed by atoms with Gasteiger partial charge in [-0.2, -0.15) is 0 Å². The Morgan fingerprint density at radius 1 is 1.50 bits per heavy atom. The molecule has 0 aromatic carbocycles. The van der Waals surface area contributed by atoms with E-state index in [1.54, 1.807) is 0 Å². The van der Waals surface area contributed by atoms with Crippen molar-refractivity contribution in [2.75, 3.05) is 0 Å². The lowest BCUT2D eigenvalue weighted by atomic mass is 10.3. The molecule has 0 atom stereocenters. The summed E-state index contributed by atoms with van der Waals surface area (Å²) >= 11 is 0. The van der Waals surface area contributed by atoms with E-state index in [9.17, 15) is 0 Å². The van der Waals surface area contributed by atoms with Crippen LogP contribution >= 0.6 is 0 Å². The van der Waals surface area contributed by atoms with E-state index in [-0.39, 0.29) is 0 Å². The summed E-state index contributed by atoms with van der Waals surface area (Å²) in [6.45, 7) is 5.55. The van der Waals surface area contributed by atoms with Crippen LogP contribution in [0.5, 0.6) is 0 Å². The highest BCUT2D eigenvalue weighted by Crippen LogP contribution is 1.81. The van der Waals surface area contributed by atoms with Gasteiger partial charge in [-0.3, -0.25) is 0 Å². The molecule has 8 heavy (non-hydrogen) atoms. The van der Waals surface area contributed by atoms with E-state index in [4.69, 9.17) is 0 Å². The molecule has 0 heteroatoms. The van der Waals surface area contributed by atoms with Crippen molar-refractivity contribution in [2.45, 2.75) is 26.2 Å². The molecule has 0 saturated carbocycles. The van der Waals surface area contributed by atoms with E-state index < -0.39 is 0 Å². The summed E-state index contributed by atoms with van der Waals surface area (Å²) in [6, 6.07) is 0. The van der Waals surface area contributed by atoms with Crippen molar-refractivity contribution < 1.29 is 0 Å². The van der Waals surface area contributed by atoms with Gasteiger partial charge in [-0.15, -0.1) is 0 Å². The first-order valence-electron chi connectivity index (χ1n) is 2.87. The molecule has 0 saturated heterocycles. The van der Waals surface area contributed by atoms with Gasteiger partial charge in [-0.25, -0.2) is 0 Å².